The first-order valence-corrected chi connectivity index (χ1v) is 5.18. The van der Waals surface area contributed by atoms with Crippen LogP contribution in [0.2, 0.25) is 0 Å². The Bertz CT molecular complexity index is 389. The molecule has 0 heterocycles. The zero-order valence-corrected chi connectivity index (χ0v) is 9.58. The number of carbonyl (C=O) groups is 1. The number of amides is 1. The maximum absolute atomic E-state index is 11.5. The third-order valence-corrected chi connectivity index (χ3v) is 2.19. The summed E-state index contributed by atoms with van der Waals surface area (Å²) in [6.45, 7) is 4.08. The molecule has 0 aliphatic rings. The minimum absolute atomic E-state index is 0.0986. The molecule has 0 fully saturated rings. The second-order valence-electron chi connectivity index (χ2n) is 3.65. The maximum Gasteiger partial charge on any atom is 0.242 e. The van der Waals surface area contributed by atoms with E-state index < -0.39 is 0 Å². The molecule has 1 rings (SSSR count). The molecule has 1 amide bonds. The van der Waals surface area contributed by atoms with Crippen LogP contribution in [0.15, 0.2) is 24.3 Å². The monoisotopic (exact) mass is 216 g/mol. The largest absolute Gasteiger partial charge is 0.374 e. The molecular weight excluding hydrogens is 200 g/mol. The number of nitrogens with one attached hydrogen (secondary N) is 2. The van der Waals surface area contributed by atoms with Gasteiger partial charge in [0.1, 0.15) is 6.04 Å². The fourth-order valence-electron chi connectivity index (χ4n) is 1.26. The molecule has 0 radical (unpaired) electrons. The van der Waals surface area contributed by atoms with Gasteiger partial charge in [0.05, 0.1) is 6.54 Å². The summed E-state index contributed by atoms with van der Waals surface area (Å²) in [5, 5.41) is 5.72. The van der Waals surface area contributed by atoms with Crippen molar-refractivity contribution in [1.82, 2.24) is 5.32 Å². The van der Waals surface area contributed by atoms with Gasteiger partial charge < -0.3 is 10.6 Å². The predicted octanol–water partition coefficient (Wildman–Crippen LogP) is 1.54. The fraction of sp³-hybridized carbons (Fsp3) is 0.308. The minimum Gasteiger partial charge on any atom is -0.374 e. The second-order valence-corrected chi connectivity index (χ2v) is 3.65. The van der Waals surface area contributed by atoms with Crippen molar-refractivity contribution in [1.29, 1.82) is 0 Å². The van der Waals surface area contributed by atoms with Crippen molar-refractivity contribution < 1.29 is 4.79 Å². The van der Waals surface area contributed by atoms with Crippen LogP contribution in [0.3, 0.4) is 0 Å². The van der Waals surface area contributed by atoms with Gasteiger partial charge in [-0.15, -0.1) is 6.42 Å². The van der Waals surface area contributed by atoms with Gasteiger partial charge in [-0.05, 0) is 26.0 Å². The van der Waals surface area contributed by atoms with Crippen LogP contribution in [-0.4, -0.2) is 18.5 Å². The molecule has 0 spiro atoms. The first kappa shape index (κ1) is 12.1. The second kappa shape index (κ2) is 5.82. The van der Waals surface area contributed by atoms with E-state index in [0.717, 1.165) is 5.69 Å². The zero-order valence-electron chi connectivity index (χ0n) is 9.58. The van der Waals surface area contributed by atoms with Gasteiger partial charge in [0.15, 0.2) is 0 Å². The molecule has 84 valence electrons. The Morgan fingerprint density at radius 3 is 2.62 bits per heavy atom. The summed E-state index contributed by atoms with van der Waals surface area (Å²) in [7, 11) is 0. The van der Waals surface area contributed by atoms with Crippen molar-refractivity contribution in [2.75, 3.05) is 11.9 Å². The molecule has 0 aliphatic heterocycles. The highest BCUT2D eigenvalue weighted by Gasteiger charge is 2.10. The summed E-state index contributed by atoms with van der Waals surface area (Å²) in [5.74, 6) is 2.27. The normalized spacial score (nSPS) is 11.3. The molecule has 1 aromatic carbocycles. The molecular formula is C13H16N2O. The Morgan fingerprint density at radius 1 is 1.44 bits per heavy atom. The lowest BCUT2D eigenvalue weighted by atomic mass is 10.2. The summed E-state index contributed by atoms with van der Waals surface area (Å²) in [4.78, 5) is 11.5. The van der Waals surface area contributed by atoms with Crippen molar-refractivity contribution in [2.45, 2.75) is 19.9 Å². The number of hydrogen-bond acceptors (Lipinski definition) is 2. The topological polar surface area (TPSA) is 41.1 Å². The lowest BCUT2D eigenvalue weighted by molar-refractivity contribution is -0.121. The summed E-state index contributed by atoms with van der Waals surface area (Å²) < 4.78 is 0. The highest BCUT2D eigenvalue weighted by atomic mass is 16.2. The van der Waals surface area contributed by atoms with E-state index in [1.807, 2.05) is 31.2 Å². The molecule has 3 nitrogen and oxygen atoms in total. The van der Waals surface area contributed by atoms with Gasteiger partial charge in [0.2, 0.25) is 5.91 Å². The molecule has 0 aliphatic carbocycles. The Hall–Kier alpha value is -1.95. The van der Waals surface area contributed by atoms with Crippen LogP contribution in [0.25, 0.3) is 0 Å². The van der Waals surface area contributed by atoms with Crippen LogP contribution in [0, 0.1) is 19.3 Å². The number of hydrogen-bond donors (Lipinski definition) is 2. The van der Waals surface area contributed by atoms with E-state index in [9.17, 15) is 4.79 Å². The van der Waals surface area contributed by atoms with Gasteiger partial charge in [-0.1, -0.05) is 23.6 Å². The van der Waals surface area contributed by atoms with Crippen molar-refractivity contribution in [3.05, 3.63) is 29.8 Å². The molecule has 1 aromatic rings. The van der Waals surface area contributed by atoms with E-state index in [2.05, 4.69) is 16.6 Å². The van der Waals surface area contributed by atoms with Crippen LogP contribution in [0.5, 0.6) is 0 Å². The highest BCUT2D eigenvalue weighted by molar-refractivity contribution is 5.84. The van der Waals surface area contributed by atoms with Gasteiger partial charge in [0.25, 0.3) is 0 Å². The first-order valence-electron chi connectivity index (χ1n) is 5.18. The lowest BCUT2D eigenvalue weighted by Gasteiger charge is -2.14. The summed E-state index contributed by atoms with van der Waals surface area (Å²) in [5.41, 5.74) is 2.11. The van der Waals surface area contributed by atoms with Gasteiger partial charge in [-0.25, -0.2) is 0 Å². The molecule has 0 saturated carbocycles. The van der Waals surface area contributed by atoms with Crippen LogP contribution in [-0.2, 0) is 4.79 Å². The predicted molar refractivity (Wildman–Crippen MR) is 66.1 cm³/mol. The van der Waals surface area contributed by atoms with Crippen molar-refractivity contribution >= 4 is 11.6 Å². The van der Waals surface area contributed by atoms with Crippen molar-refractivity contribution in [3.8, 4) is 12.3 Å². The zero-order chi connectivity index (χ0) is 12.0. The molecule has 16 heavy (non-hydrogen) atoms. The van der Waals surface area contributed by atoms with Crippen molar-refractivity contribution in [2.24, 2.45) is 0 Å². The Morgan fingerprint density at radius 2 is 2.06 bits per heavy atom. The summed E-state index contributed by atoms with van der Waals surface area (Å²) >= 11 is 0. The molecule has 1 atom stereocenters. The number of carbonyl (C=O) groups excluding carboxylic acids is 1. The molecule has 0 bridgehead atoms. The van der Waals surface area contributed by atoms with E-state index >= 15 is 0 Å². The number of terminal acetylenes is 1. The first-order chi connectivity index (χ1) is 7.63. The SMILES string of the molecule is C#CCNC(=O)C(C)Nc1ccc(C)cc1. The van der Waals surface area contributed by atoms with E-state index in [1.54, 1.807) is 6.92 Å². The van der Waals surface area contributed by atoms with Gasteiger partial charge in [-0.3, -0.25) is 4.79 Å². The Kier molecular flexibility index (Phi) is 4.41. The average Bonchev–Trinajstić information content (AvgIpc) is 2.29. The number of anilines is 1. The van der Waals surface area contributed by atoms with Gasteiger partial charge in [0, 0.05) is 5.69 Å². The molecule has 1 unspecified atom stereocenters. The summed E-state index contributed by atoms with van der Waals surface area (Å²) in [6.07, 6.45) is 5.06. The molecule has 2 N–H and O–H groups in total. The van der Waals surface area contributed by atoms with Crippen LogP contribution in [0.4, 0.5) is 5.69 Å². The fourth-order valence-corrected chi connectivity index (χ4v) is 1.26. The summed E-state index contributed by atoms with van der Waals surface area (Å²) in [6, 6.07) is 7.58. The van der Waals surface area contributed by atoms with Crippen LogP contribution >= 0.6 is 0 Å². The van der Waals surface area contributed by atoms with E-state index in [4.69, 9.17) is 6.42 Å². The minimum atomic E-state index is -0.295. The number of aryl methyl sites for hydroxylation is 1. The third-order valence-electron chi connectivity index (χ3n) is 2.19. The van der Waals surface area contributed by atoms with E-state index in [1.165, 1.54) is 5.56 Å². The van der Waals surface area contributed by atoms with Crippen LogP contribution in [0.1, 0.15) is 12.5 Å². The van der Waals surface area contributed by atoms with Gasteiger partial charge in [-0.2, -0.15) is 0 Å². The molecule has 0 saturated heterocycles. The molecule has 3 heteroatoms. The van der Waals surface area contributed by atoms with E-state index in [-0.39, 0.29) is 18.5 Å². The van der Waals surface area contributed by atoms with Crippen molar-refractivity contribution in [3.63, 3.8) is 0 Å². The average molecular weight is 216 g/mol. The molecule has 0 aromatic heterocycles. The third kappa shape index (κ3) is 3.66. The smallest absolute Gasteiger partial charge is 0.242 e. The highest BCUT2D eigenvalue weighted by Crippen LogP contribution is 2.09. The Labute approximate surface area is 96.2 Å². The maximum atomic E-state index is 11.5. The number of benzene rings is 1. The number of rotatable bonds is 4. The lowest BCUT2D eigenvalue weighted by Crippen LogP contribution is -2.37. The van der Waals surface area contributed by atoms with Crippen LogP contribution < -0.4 is 10.6 Å². The van der Waals surface area contributed by atoms with E-state index in [0.29, 0.717) is 0 Å². The quantitative estimate of drug-likeness (QED) is 0.750. The van der Waals surface area contributed by atoms with Gasteiger partial charge >= 0.3 is 0 Å². The Balaban J connectivity index is 2.51. The standard InChI is InChI=1S/C13H16N2O/c1-4-9-14-13(16)11(3)15-12-7-5-10(2)6-8-12/h1,5-8,11,15H,9H2,2-3H3,(H,14,16).